The maximum Gasteiger partial charge on any atom is 0.314 e. The van der Waals surface area contributed by atoms with Crippen molar-refractivity contribution in [2.75, 3.05) is 6.61 Å². The lowest BCUT2D eigenvalue weighted by Gasteiger charge is -2.38. The molecule has 0 radical (unpaired) electrons. The summed E-state index contributed by atoms with van der Waals surface area (Å²) in [4.78, 5) is 0. The summed E-state index contributed by atoms with van der Waals surface area (Å²) in [6.07, 6.45) is 1.04. The molecule has 0 amide bonds. The molecular weight excluding hydrogens is 340 g/mol. The van der Waals surface area contributed by atoms with E-state index in [9.17, 15) is 5.11 Å². The molecule has 0 spiro atoms. The van der Waals surface area contributed by atoms with Gasteiger partial charge in [-0.3, -0.25) is 0 Å². The van der Waals surface area contributed by atoms with Crippen LogP contribution in [0.1, 0.15) is 33.6 Å². The van der Waals surface area contributed by atoms with Gasteiger partial charge in [0.25, 0.3) is 0 Å². The van der Waals surface area contributed by atoms with Crippen LogP contribution in [0.15, 0.2) is 0 Å². The fourth-order valence-corrected chi connectivity index (χ4v) is 14.9. The van der Waals surface area contributed by atoms with E-state index in [4.69, 9.17) is 13.0 Å². The molecule has 1 unspecified atom stereocenters. The standard InChI is InChI=1S/C16H40O4Si3/c1-11-16(2,3)15(17)18-13-12-14-23(10,19-21(4,5)6)20-22(7,8)9/h15,17H,11-14H2,1-10H3. The van der Waals surface area contributed by atoms with Crippen LogP contribution in [0.4, 0.5) is 0 Å². The Morgan fingerprint density at radius 1 is 0.913 bits per heavy atom. The van der Waals surface area contributed by atoms with Gasteiger partial charge in [-0.2, -0.15) is 0 Å². The van der Waals surface area contributed by atoms with Crippen molar-refractivity contribution in [3.8, 4) is 0 Å². The smallest absolute Gasteiger partial charge is 0.314 e. The van der Waals surface area contributed by atoms with E-state index in [0.717, 1.165) is 18.9 Å². The van der Waals surface area contributed by atoms with E-state index in [1.807, 2.05) is 13.8 Å². The molecule has 0 aliphatic heterocycles. The molecule has 0 rings (SSSR count). The Kier molecular flexibility index (Phi) is 8.92. The zero-order valence-corrected chi connectivity index (χ0v) is 20.1. The van der Waals surface area contributed by atoms with Crippen molar-refractivity contribution in [1.29, 1.82) is 0 Å². The van der Waals surface area contributed by atoms with Crippen molar-refractivity contribution in [2.45, 2.75) is 91.8 Å². The second-order valence-corrected chi connectivity index (χ2v) is 22.1. The van der Waals surface area contributed by atoms with E-state index in [1.54, 1.807) is 0 Å². The number of aliphatic hydroxyl groups excluding tert-OH is 1. The predicted molar refractivity (Wildman–Crippen MR) is 106 cm³/mol. The molecule has 1 N–H and O–H groups in total. The van der Waals surface area contributed by atoms with E-state index in [1.165, 1.54) is 0 Å². The molecule has 0 aliphatic rings. The van der Waals surface area contributed by atoms with Crippen molar-refractivity contribution in [3.05, 3.63) is 0 Å². The summed E-state index contributed by atoms with van der Waals surface area (Å²) < 4.78 is 18.6. The molecule has 0 fully saturated rings. The Labute approximate surface area is 147 Å². The quantitative estimate of drug-likeness (QED) is 0.314. The Hall–Kier alpha value is 0.491. The van der Waals surface area contributed by atoms with E-state index in [0.29, 0.717) is 6.61 Å². The minimum absolute atomic E-state index is 0.204. The first-order valence-electron chi connectivity index (χ1n) is 8.80. The molecular formula is C16H40O4Si3. The van der Waals surface area contributed by atoms with Crippen molar-refractivity contribution < 1.29 is 18.1 Å². The van der Waals surface area contributed by atoms with Gasteiger partial charge in [0.05, 0.1) is 0 Å². The van der Waals surface area contributed by atoms with Gasteiger partial charge in [-0.05, 0) is 64.7 Å². The zero-order valence-electron chi connectivity index (χ0n) is 17.1. The molecule has 0 saturated carbocycles. The molecule has 140 valence electrons. The molecule has 4 nitrogen and oxygen atoms in total. The monoisotopic (exact) mass is 380 g/mol. The third kappa shape index (κ3) is 10.9. The lowest BCUT2D eigenvalue weighted by atomic mass is 9.89. The highest BCUT2D eigenvalue weighted by Crippen LogP contribution is 2.27. The van der Waals surface area contributed by atoms with Gasteiger partial charge in [0.15, 0.2) is 22.9 Å². The van der Waals surface area contributed by atoms with Crippen LogP contribution in [0.3, 0.4) is 0 Å². The van der Waals surface area contributed by atoms with E-state index < -0.39 is 31.5 Å². The Bertz CT molecular complexity index is 332. The van der Waals surface area contributed by atoms with Gasteiger partial charge in [0.2, 0.25) is 0 Å². The lowest BCUT2D eigenvalue weighted by molar-refractivity contribution is -0.165. The first kappa shape index (κ1) is 23.5. The van der Waals surface area contributed by atoms with Gasteiger partial charge >= 0.3 is 8.56 Å². The minimum Gasteiger partial charge on any atom is -0.437 e. The fraction of sp³-hybridized carbons (Fsp3) is 1.00. The first-order chi connectivity index (χ1) is 10.1. The van der Waals surface area contributed by atoms with Gasteiger partial charge in [0.1, 0.15) is 0 Å². The van der Waals surface area contributed by atoms with Crippen molar-refractivity contribution in [1.82, 2.24) is 0 Å². The molecule has 0 aliphatic carbocycles. The highest BCUT2D eigenvalue weighted by Gasteiger charge is 2.39. The minimum atomic E-state index is -2.18. The Morgan fingerprint density at radius 3 is 1.70 bits per heavy atom. The van der Waals surface area contributed by atoms with Crippen LogP contribution in [0.5, 0.6) is 0 Å². The first-order valence-corrected chi connectivity index (χ1v) is 18.1. The molecule has 0 bridgehead atoms. The zero-order chi connectivity index (χ0) is 18.5. The topological polar surface area (TPSA) is 47.9 Å². The van der Waals surface area contributed by atoms with Gasteiger partial charge < -0.3 is 18.1 Å². The van der Waals surface area contributed by atoms with E-state index in [2.05, 4.69) is 52.8 Å². The molecule has 7 heteroatoms. The van der Waals surface area contributed by atoms with Crippen LogP contribution in [0.25, 0.3) is 0 Å². The normalized spacial score (nSPS) is 15.8. The van der Waals surface area contributed by atoms with E-state index in [-0.39, 0.29) is 5.41 Å². The maximum atomic E-state index is 10.1. The van der Waals surface area contributed by atoms with Crippen LogP contribution >= 0.6 is 0 Å². The highest BCUT2D eigenvalue weighted by molar-refractivity contribution is 6.87. The molecule has 1 atom stereocenters. The average Bonchev–Trinajstić information content (AvgIpc) is 2.29. The van der Waals surface area contributed by atoms with Gasteiger partial charge in [0, 0.05) is 12.0 Å². The summed E-state index contributed by atoms with van der Waals surface area (Å²) in [5.41, 5.74) is -0.204. The van der Waals surface area contributed by atoms with Crippen molar-refractivity contribution >= 4 is 25.2 Å². The molecule has 0 aromatic heterocycles. The largest absolute Gasteiger partial charge is 0.437 e. The number of rotatable bonds is 11. The Morgan fingerprint density at radius 2 is 1.35 bits per heavy atom. The summed E-state index contributed by atoms with van der Waals surface area (Å²) >= 11 is 0. The summed E-state index contributed by atoms with van der Waals surface area (Å²) in [5, 5.41) is 10.1. The summed E-state index contributed by atoms with van der Waals surface area (Å²) in [5.74, 6) is 0. The van der Waals surface area contributed by atoms with Crippen molar-refractivity contribution in [3.63, 3.8) is 0 Å². The molecule has 0 aromatic rings. The van der Waals surface area contributed by atoms with Crippen LogP contribution in [0, 0.1) is 5.41 Å². The molecule has 0 saturated heterocycles. The van der Waals surface area contributed by atoms with Gasteiger partial charge in [-0.15, -0.1) is 0 Å². The Balaban J connectivity index is 4.57. The second-order valence-electron chi connectivity index (χ2n) is 9.23. The molecule has 23 heavy (non-hydrogen) atoms. The SMILES string of the molecule is CCC(C)(C)C(O)OCCC[Si](C)(O[Si](C)(C)C)O[Si](C)(C)C. The highest BCUT2D eigenvalue weighted by atomic mass is 28.5. The van der Waals surface area contributed by atoms with Crippen LogP contribution in [-0.2, 0) is 13.0 Å². The summed E-state index contributed by atoms with van der Waals surface area (Å²) in [6.45, 7) is 22.2. The number of aliphatic hydroxyl groups is 1. The molecule has 0 aromatic carbocycles. The van der Waals surface area contributed by atoms with Crippen molar-refractivity contribution in [2.24, 2.45) is 5.41 Å². The predicted octanol–water partition coefficient (Wildman–Crippen LogP) is 4.92. The lowest BCUT2D eigenvalue weighted by Crippen LogP contribution is -2.52. The number of hydrogen-bond donors (Lipinski definition) is 1. The van der Waals surface area contributed by atoms with Crippen LogP contribution in [-0.4, -0.2) is 43.2 Å². The average molecular weight is 381 g/mol. The van der Waals surface area contributed by atoms with Crippen LogP contribution in [0.2, 0.25) is 51.9 Å². The van der Waals surface area contributed by atoms with Gasteiger partial charge in [-0.1, -0.05) is 20.8 Å². The maximum absolute atomic E-state index is 10.1. The van der Waals surface area contributed by atoms with Crippen LogP contribution < -0.4 is 0 Å². The summed E-state index contributed by atoms with van der Waals surface area (Å²) in [7, 11) is -5.47. The summed E-state index contributed by atoms with van der Waals surface area (Å²) in [6, 6.07) is 0.917. The number of ether oxygens (including phenoxy) is 1. The fourth-order valence-electron chi connectivity index (χ4n) is 2.41. The number of hydrogen-bond acceptors (Lipinski definition) is 4. The third-order valence-electron chi connectivity index (χ3n) is 3.67. The second kappa shape index (κ2) is 8.73. The third-order valence-corrected chi connectivity index (χ3v) is 13.3. The molecule has 0 heterocycles. The van der Waals surface area contributed by atoms with E-state index >= 15 is 0 Å². The van der Waals surface area contributed by atoms with Gasteiger partial charge in [-0.25, -0.2) is 0 Å².